The van der Waals surface area contributed by atoms with Crippen LogP contribution in [-0.4, -0.2) is 26.5 Å². The summed E-state index contributed by atoms with van der Waals surface area (Å²) in [6, 6.07) is 9.01. The molecule has 5 nitrogen and oxygen atoms in total. The Morgan fingerprint density at radius 3 is 2.30 bits per heavy atom. The van der Waals surface area contributed by atoms with Crippen molar-refractivity contribution in [2.45, 2.75) is 26.4 Å². The van der Waals surface area contributed by atoms with Crippen LogP contribution in [0.15, 0.2) is 30.3 Å². The minimum absolute atomic E-state index is 0.162. The zero-order chi connectivity index (χ0) is 14.9. The van der Waals surface area contributed by atoms with Crippen LogP contribution in [0, 0.1) is 0 Å². The normalized spacial score (nSPS) is 11.4. The monoisotopic (exact) mass is 274 g/mol. The maximum absolute atomic E-state index is 11.0. The van der Waals surface area contributed by atoms with Gasteiger partial charge in [0.15, 0.2) is 0 Å². The Kier molecular flexibility index (Phi) is 3.53. The van der Waals surface area contributed by atoms with E-state index in [0.29, 0.717) is 5.69 Å². The van der Waals surface area contributed by atoms with Crippen LogP contribution in [0.3, 0.4) is 0 Å². The van der Waals surface area contributed by atoms with Crippen LogP contribution < -0.4 is 4.74 Å². The summed E-state index contributed by atoms with van der Waals surface area (Å²) in [5.41, 5.74) is 1.40. The second-order valence-corrected chi connectivity index (χ2v) is 5.58. The summed E-state index contributed by atoms with van der Waals surface area (Å²) in [6.07, 6.45) is 0. The van der Waals surface area contributed by atoms with Crippen LogP contribution in [0.25, 0.3) is 11.3 Å². The molecule has 0 amide bonds. The van der Waals surface area contributed by atoms with Crippen molar-refractivity contribution in [1.29, 1.82) is 0 Å². The van der Waals surface area contributed by atoms with Crippen LogP contribution >= 0.6 is 0 Å². The zero-order valence-corrected chi connectivity index (χ0v) is 12.0. The Hall–Kier alpha value is -2.30. The SMILES string of the molecule is Cn1nc(-c2ccc(OC(C)(C)C)cc2)cc1C(=O)O. The molecule has 0 spiro atoms. The van der Waals surface area contributed by atoms with Gasteiger partial charge in [-0.15, -0.1) is 0 Å². The van der Waals surface area contributed by atoms with E-state index in [-0.39, 0.29) is 11.3 Å². The Balaban J connectivity index is 2.26. The van der Waals surface area contributed by atoms with E-state index in [0.717, 1.165) is 11.3 Å². The molecular formula is C15H18N2O3. The largest absolute Gasteiger partial charge is 0.488 e. The number of hydrogen-bond donors (Lipinski definition) is 1. The molecule has 0 aliphatic carbocycles. The fourth-order valence-corrected chi connectivity index (χ4v) is 1.86. The minimum atomic E-state index is -0.987. The molecule has 1 aromatic carbocycles. The molecule has 0 radical (unpaired) electrons. The number of nitrogens with zero attached hydrogens (tertiary/aromatic N) is 2. The molecule has 0 atom stereocenters. The number of aromatic carboxylic acids is 1. The van der Waals surface area contributed by atoms with Crippen molar-refractivity contribution in [2.24, 2.45) is 7.05 Å². The van der Waals surface area contributed by atoms with Crippen LogP contribution in [-0.2, 0) is 7.05 Å². The minimum Gasteiger partial charge on any atom is -0.488 e. The average Bonchev–Trinajstić information content (AvgIpc) is 2.70. The van der Waals surface area contributed by atoms with Gasteiger partial charge in [0.25, 0.3) is 0 Å². The number of rotatable bonds is 3. The Labute approximate surface area is 117 Å². The first-order valence-corrected chi connectivity index (χ1v) is 6.33. The van der Waals surface area contributed by atoms with Gasteiger partial charge >= 0.3 is 5.97 Å². The van der Waals surface area contributed by atoms with Gasteiger partial charge in [-0.3, -0.25) is 4.68 Å². The van der Waals surface area contributed by atoms with Crippen molar-refractivity contribution in [2.75, 3.05) is 0 Å². The number of ether oxygens (including phenoxy) is 1. The molecule has 106 valence electrons. The van der Waals surface area contributed by atoms with Crippen LogP contribution in [0.2, 0.25) is 0 Å². The fraction of sp³-hybridized carbons (Fsp3) is 0.333. The van der Waals surface area contributed by atoms with Gasteiger partial charge in [0.1, 0.15) is 17.0 Å². The molecule has 1 heterocycles. The Morgan fingerprint density at radius 2 is 1.85 bits per heavy atom. The summed E-state index contributed by atoms with van der Waals surface area (Å²) in [7, 11) is 1.62. The van der Waals surface area contributed by atoms with E-state index in [1.165, 1.54) is 4.68 Å². The van der Waals surface area contributed by atoms with E-state index < -0.39 is 5.97 Å². The highest BCUT2D eigenvalue weighted by Crippen LogP contribution is 2.24. The summed E-state index contributed by atoms with van der Waals surface area (Å²) in [4.78, 5) is 11.0. The van der Waals surface area contributed by atoms with Crippen LogP contribution in [0.4, 0.5) is 0 Å². The van der Waals surface area contributed by atoms with Crippen molar-refractivity contribution in [3.05, 3.63) is 36.0 Å². The van der Waals surface area contributed by atoms with Crippen molar-refractivity contribution >= 4 is 5.97 Å². The number of aromatic nitrogens is 2. The highest BCUT2D eigenvalue weighted by molar-refractivity contribution is 5.87. The number of carboxylic acid groups (broad SMARTS) is 1. The van der Waals surface area contributed by atoms with Crippen LogP contribution in [0.5, 0.6) is 5.75 Å². The van der Waals surface area contributed by atoms with E-state index in [9.17, 15) is 4.79 Å². The molecule has 0 aliphatic rings. The number of carbonyl (C=O) groups is 1. The molecular weight excluding hydrogens is 256 g/mol. The first-order valence-electron chi connectivity index (χ1n) is 6.33. The molecule has 1 aromatic heterocycles. The van der Waals surface area contributed by atoms with E-state index in [1.807, 2.05) is 45.0 Å². The maximum atomic E-state index is 11.0. The van der Waals surface area contributed by atoms with Crippen molar-refractivity contribution in [3.8, 4) is 17.0 Å². The summed E-state index contributed by atoms with van der Waals surface area (Å²) < 4.78 is 7.10. The van der Waals surface area contributed by atoms with E-state index in [2.05, 4.69) is 5.10 Å². The van der Waals surface area contributed by atoms with Gasteiger partial charge in [-0.2, -0.15) is 5.10 Å². The smallest absolute Gasteiger partial charge is 0.354 e. The first kappa shape index (κ1) is 14.1. The Morgan fingerprint density at radius 1 is 1.25 bits per heavy atom. The van der Waals surface area contributed by atoms with Gasteiger partial charge in [-0.25, -0.2) is 4.79 Å². The molecule has 0 fully saturated rings. The second kappa shape index (κ2) is 5.00. The number of hydrogen-bond acceptors (Lipinski definition) is 3. The average molecular weight is 274 g/mol. The number of benzene rings is 1. The van der Waals surface area contributed by atoms with Gasteiger partial charge in [-0.1, -0.05) is 0 Å². The van der Waals surface area contributed by atoms with Gasteiger partial charge in [0.2, 0.25) is 0 Å². The molecule has 2 aromatic rings. The standard InChI is InChI=1S/C15H18N2O3/c1-15(2,3)20-11-7-5-10(6-8-11)12-9-13(14(18)19)17(4)16-12/h5-9H,1-4H3,(H,18,19). The van der Waals surface area contributed by atoms with Crippen LogP contribution in [0.1, 0.15) is 31.3 Å². The van der Waals surface area contributed by atoms with Crippen molar-refractivity contribution < 1.29 is 14.6 Å². The molecule has 0 saturated carbocycles. The molecule has 20 heavy (non-hydrogen) atoms. The highest BCUT2D eigenvalue weighted by atomic mass is 16.5. The maximum Gasteiger partial charge on any atom is 0.354 e. The third-order valence-corrected chi connectivity index (χ3v) is 2.67. The zero-order valence-electron chi connectivity index (χ0n) is 12.0. The number of carboxylic acids is 1. The van der Waals surface area contributed by atoms with E-state index in [1.54, 1.807) is 13.1 Å². The van der Waals surface area contributed by atoms with Gasteiger partial charge < -0.3 is 9.84 Å². The predicted molar refractivity (Wildman–Crippen MR) is 76.0 cm³/mol. The molecule has 0 unspecified atom stereocenters. The lowest BCUT2D eigenvalue weighted by molar-refractivity contribution is 0.0685. The third kappa shape index (κ3) is 3.17. The topological polar surface area (TPSA) is 64.4 Å². The lowest BCUT2D eigenvalue weighted by Gasteiger charge is -2.21. The summed E-state index contributed by atoms with van der Waals surface area (Å²) in [5.74, 6) is -0.213. The predicted octanol–water partition coefficient (Wildman–Crippen LogP) is 2.96. The van der Waals surface area contributed by atoms with E-state index in [4.69, 9.17) is 9.84 Å². The lowest BCUT2D eigenvalue weighted by atomic mass is 10.1. The molecule has 1 N–H and O–H groups in total. The fourth-order valence-electron chi connectivity index (χ4n) is 1.86. The summed E-state index contributed by atoms with van der Waals surface area (Å²) >= 11 is 0. The first-order chi connectivity index (χ1) is 9.26. The summed E-state index contributed by atoms with van der Waals surface area (Å²) in [5, 5.41) is 13.2. The summed E-state index contributed by atoms with van der Waals surface area (Å²) in [6.45, 7) is 5.95. The van der Waals surface area contributed by atoms with Gasteiger partial charge in [0, 0.05) is 12.6 Å². The highest BCUT2D eigenvalue weighted by Gasteiger charge is 2.14. The molecule has 0 bridgehead atoms. The third-order valence-electron chi connectivity index (χ3n) is 2.67. The quantitative estimate of drug-likeness (QED) is 0.934. The van der Waals surface area contributed by atoms with Crippen molar-refractivity contribution in [3.63, 3.8) is 0 Å². The molecule has 5 heteroatoms. The molecule has 0 aliphatic heterocycles. The van der Waals surface area contributed by atoms with Crippen molar-refractivity contribution in [1.82, 2.24) is 9.78 Å². The second-order valence-electron chi connectivity index (χ2n) is 5.58. The Bertz CT molecular complexity index is 622. The van der Waals surface area contributed by atoms with E-state index >= 15 is 0 Å². The number of aryl methyl sites for hydroxylation is 1. The lowest BCUT2D eigenvalue weighted by Crippen LogP contribution is -2.22. The van der Waals surface area contributed by atoms with Gasteiger partial charge in [0.05, 0.1) is 5.69 Å². The molecule has 0 saturated heterocycles. The molecule has 2 rings (SSSR count). The van der Waals surface area contributed by atoms with Gasteiger partial charge in [-0.05, 0) is 51.1 Å².